The Morgan fingerprint density at radius 2 is 1.67 bits per heavy atom. The van der Waals surface area contributed by atoms with Gasteiger partial charge >= 0.3 is 13.2 Å². The summed E-state index contributed by atoms with van der Waals surface area (Å²) in [6.07, 6.45) is 0. The van der Waals surface area contributed by atoms with Crippen molar-refractivity contribution in [2.45, 2.75) is 18.7 Å². The fourth-order valence-corrected chi connectivity index (χ4v) is 3.55. The fraction of sp³-hybridized carbons (Fsp3) is 0.400. The zero-order valence-corrected chi connectivity index (χ0v) is 14.7. The van der Waals surface area contributed by atoms with Gasteiger partial charge in [0.2, 0.25) is 5.75 Å². The van der Waals surface area contributed by atoms with Crippen LogP contribution in [0.25, 0.3) is 0 Å². The van der Waals surface area contributed by atoms with E-state index in [1.807, 2.05) is 38.1 Å². The summed E-state index contributed by atoms with van der Waals surface area (Å²) < 4.78 is 49.2. The molecule has 0 saturated heterocycles. The number of benzene rings is 1. The Morgan fingerprint density at radius 3 is 2.04 bits per heavy atom. The molecular weight excluding hydrogens is 347 g/mol. The first kappa shape index (κ1) is 22.4. The standard InChI is InChI=1S/C15H21O3S.BF4/c1-5-18-15(16)11-19(10-12(2)3)14-8-6-13(17-4)7-9-14;2-1(3,4)5/h6-9H,2,5,10-11H2,1,3-4H3;/q+1;-1. The van der Waals surface area contributed by atoms with E-state index in [0.717, 1.165) is 22.0 Å². The van der Waals surface area contributed by atoms with Crippen LogP contribution in [-0.2, 0) is 20.4 Å². The van der Waals surface area contributed by atoms with E-state index in [4.69, 9.17) is 9.47 Å². The molecule has 1 aromatic rings. The van der Waals surface area contributed by atoms with Crippen molar-refractivity contribution in [3.8, 4) is 5.75 Å². The van der Waals surface area contributed by atoms with Crippen LogP contribution in [0.3, 0.4) is 0 Å². The second-order valence-corrected chi connectivity index (χ2v) is 6.75. The third kappa shape index (κ3) is 11.9. The van der Waals surface area contributed by atoms with E-state index in [1.165, 1.54) is 0 Å². The smallest absolute Gasteiger partial charge is 0.497 e. The summed E-state index contributed by atoms with van der Waals surface area (Å²) in [4.78, 5) is 12.8. The van der Waals surface area contributed by atoms with Gasteiger partial charge in [0.25, 0.3) is 0 Å². The van der Waals surface area contributed by atoms with Crippen LogP contribution in [0.4, 0.5) is 17.3 Å². The van der Waals surface area contributed by atoms with Crippen molar-refractivity contribution in [3.05, 3.63) is 36.4 Å². The highest BCUT2D eigenvalue weighted by atomic mass is 32.2. The lowest BCUT2D eigenvalue weighted by Gasteiger charge is -2.08. The molecule has 0 aromatic heterocycles. The molecule has 136 valence electrons. The lowest BCUT2D eigenvalue weighted by molar-refractivity contribution is -0.139. The Labute approximate surface area is 142 Å². The second-order valence-electron chi connectivity index (χ2n) is 4.71. The van der Waals surface area contributed by atoms with E-state index in [0.29, 0.717) is 12.4 Å². The van der Waals surface area contributed by atoms with E-state index in [1.54, 1.807) is 7.11 Å². The van der Waals surface area contributed by atoms with Gasteiger partial charge in [0.15, 0.2) is 4.90 Å². The topological polar surface area (TPSA) is 35.5 Å². The van der Waals surface area contributed by atoms with Gasteiger partial charge in [-0.2, -0.15) is 0 Å². The molecule has 0 N–H and O–H groups in total. The van der Waals surface area contributed by atoms with Gasteiger partial charge in [-0.15, -0.1) is 0 Å². The molecule has 0 heterocycles. The van der Waals surface area contributed by atoms with Gasteiger partial charge in [-0.1, -0.05) is 6.58 Å². The lowest BCUT2D eigenvalue weighted by atomic mass is 10.3. The van der Waals surface area contributed by atoms with Gasteiger partial charge in [-0.25, -0.2) is 4.79 Å². The molecule has 0 radical (unpaired) electrons. The largest absolute Gasteiger partial charge is 0.673 e. The number of hydrogen-bond donors (Lipinski definition) is 0. The van der Waals surface area contributed by atoms with Crippen LogP contribution in [0.15, 0.2) is 41.3 Å². The molecule has 0 amide bonds. The van der Waals surface area contributed by atoms with Crippen LogP contribution in [-0.4, -0.2) is 38.4 Å². The summed E-state index contributed by atoms with van der Waals surface area (Å²) in [7, 11) is -4.55. The number of methoxy groups -OCH3 is 1. The highest BCUT2D eigenvalue weighted by Crippen LogP contribution is 2.20. The van der Waals surface area contributed by atoms with Crippen LogP contribution in [0.5, 0.6) is 5.75 Å². The third-order valence-corrected chi connectivity index (χ3v) is 4.78. The molecule has 0 spiro atoms. The summed E-state index contributed by atoms with van der Waals surface area (Å²) >= 11 is 0. The van der Waals surface area contributed by atoms with Crippen molar-refractivity contribution in [2.24, 2.45) is 0 Å². The van der Waals surface area contributed by atoms with E-state index < -0.39 is 7.25 Å². The van der Waals surface area contributed by atoms with Gasteiger partial charge in [0.05, 0.1) is 13.7 Å². The van der Waals surface area contributed by atoms with Crippen LogP contribution >= 0.6 is 0 Å². The molecule has 0 aliphatic rings. The summed E-state index contributed by atoms with van der Waals surface area (Å²) in [5.74, 6) is 1.89. The quantitative estimate of drug-likeness (QED) is 0.239. The molecule has 0 aliphatic carbocycles. The number of rotatable bonds is 7. The predicted octanol–water partition coefficient (Wildman–Crippen LogP) is 4.11. The minimum Gasteiger partial charge on any atom is -0.497 e. The van der Waals surface area contributed by atoms with Gasteiger partial charge in [0, 0.05) is 10.9 Å². The molecule has 24 heavy (non-hydrogen) atoms. The molecule has 0 saturated carbocycles. The Balaban J connectivity index is 0.000000922. The van der Waals surface area contributed by atoms with Crippen LogP contribution in [0, 0.1) is 0 Å². The molecule has 0 aliphatic heterocycles. The van der Waals surface area contributed by atoms with E-state index >= 15 is 0 Å². The zero-order chi connectivity index (χ0) is 18.8. The monoisotopic (exact) mass is 368 g/mol. The van der Waals surface area contributed by atoms with Crippen LogP contribution in [0.1, 0.15) is 13.8 Å². The summed E-state index contributed by atoms with van der Waals surface area (Å²) in [6, 6.07) is 7.84. The number of halogens is 4. The third-order valence-electron chi connectivity index (χ3n) is 2.41. The first-order valence-corrected chi connectivity index (χ1v) is 8.62. The normalized spacial score (nSPS) is 11.8. The molecule has 3 nitrogen and oxygen atoms in total. The average Bonchev–Trinajstić information content (AvgIpc) is 2.45. The predicted molar refractivity (Wildman–Crippen MR) is 90.0 cm³/mol. The van der Waals surface area contributed by atoms with Crippen molar-refractivity contribution in [2.75, 3.05) is 25.2 Å². The molecular formula is C15H21BF4O3S. The Morgan fingerprint density at radius 1 is 1.17 bits per heavy atom. The first-order valence-electron chi connectivity index (χ1n) is 7.05. The Bertz CT molecular complexity index is 514. The van der Waals surface area contributed by atoms with E-state index in [2.05, 4.69) is 6.58 Å². The van der Waals surface area contributed by atoms with E-state index in [9.17, 15) is 22.1 Å². The fourth-order valence-electron chi connectivity index (χ4n) is 1.63. The number of carbonyl (C=O) groups excluding carboxylic acids is 1. The molecule has 1 atom stereocenters. The molecule has 1 aromatic carbocycles. The van der Waals surface area contributed by atoms with Crippen molar-refractivity contribution < 1.29 is 31.5 Å². The van der Waals surface area contributed by atoms with E-state index in [-0.39, 0.29) is 16.9 Å². The maximum Gasteiger partial charge on any atom is 0.673 e. The summed E-state index contributed by atoms with van der Waals surface area (Å²) in [5.41, 5.74) is 1.07. The number of carbonyl (C=O) groups is 1. The second kappa shape index (κ2) is 11.0. The SMILES string of the molecule is C=C(C)C[S+](CC(=O)OCC)c1ccc(OC)cc1.F[B-](F)(F)F. The maximum absolute atomic E-state index is 11.7. The van der Waals surface area contributed by atoms with Gasteiger partial charge in [-0.05, 0) is 43.7 Å². The van der Waals surface area contributed by atoms with Crippen molar-refractivity contribution in [1.82, 2.24) is 0 Å². The van der Waals surface area contributed by atoms with Gasteiger partial charge < -0.3 is 26.7 Å². The number of esters is 1. The highest BCUT2D eigenvalue weighted by Gasteiger charge is 2.26. The number of hydrogen-bond acceptors (Lipinski definition) is 3. The average molecular weight is 368 g/mol. The minimum atomic E-state index is -6.00. The zero-order valence-electron chi connectivity index (χ0n) is 13.9. The molecule has 9 heteroatoms. The van der Waals surface area contributed by atoms with Crippen molar-refractivity contribution >= 4 is 24.1 Å². The molecule has 0 fully saturated rings. The Hall–Kier alpha value is -1.64. The minimum absolute atomic E-state index is 0.150. The van der Waals surface area contributed by atoms with Gasteiger partial charge in [-0.3, -0.25) is 0 Å². The van der Waals surface area contributed by atoms with Gasteiger partial charge in [0.1, 0.15) is 11.5 Å². The lowest BCUT2D eigenvalue weighted by Crippen LogP contribution is -2.22. The first-order chi connectivity index (χ1) is 11.1. The number of ether oxygens (including phenoxy) is 2. The summed E-state index contributed by atoms with van der Waals surface area (Å²) in [6.45, 7) is 8.16. The molecule has 0 bridgehead atoms. The highest BCUT2D eigenvalue weighted by molar-refractivity contribution is 7.97. The van der Waals surface area contributed by atoms with Crippen LogP contribution in [0.2, 0.25) is 0 Å². The summed E-state index contributed by atoms with van der Waals surface area (Å²) in [5, 5.41) is 0. The van der Waals surface area contributed by atoms with Crippen molar-refractivity contribution in [3.63, 3.8) is 0 Å². The maximum atomic E-state index is 11.7. The Kier molecular flexibility index (Phi) is 10.3. The van der Waals surface area contributed by atoms with Crippen molar-refractivity contribution in [1.29, 1.82) is 0 Å². The molecule has 1 rings (SSSR count). The van der Waals surface area contributed by atoms with Crippen LogP contribution < -0.4 is 4.74 Å². The molecule has 1 unspecified atom stereocenters.